The van der Waals surface area contributed by atoms with Crippen LogP contribution in [0.2, 0.25) is 0 Å². The maximum absolute atomic E-state index is 13.2. The number of para-hydroxylation sites is 1. The predicted molar refractivity (Wildman–Crippen MR) is 105 cm³/mol. The number of aromatic nitrogens is 3. The predicted octanol–water partition coefficient (Wildman–Crippen LogP) is 3.25. The molecule has 4 rings (SSSR count). The lowest BCUT2D eigenvalue weighted by molar-refractivity contribution is 0.0913. The monoisotopic (exact) mass is 386 g/mol. The molecule has 1 atom stereocenters. The van der Waals surface area contributed by atoms with Gasteiger partial charge >= 0.3 is 0 Å². The SMILES string of the molecule is CCOc1cccc2sc(N(C[C@@H]3CCCO3)C(=O)c3ccn(C)n3)nc12. The number of carbonyl (C=O) groups is 1. The van der Waals surface area contributed by atoms with E-state index in [1.807, 2.05) is 25.1 Å². The molecular formula is C19H22N4O3S. The molecule has 142 valence electrons. The van der Waals surface area contributed by atoms with E-state index in [1.165, 1.54) is 11.3 Å². The maximum Gasteiger partial charge on any atom is 0.280 e. The number of ether oxygens (including phenoxy) is 2. The first kappa shape index (κ1) is 17.9. The number of carbonyl (C=O) groups excluding carboxylic acids is 1. The third kappa shape index (κ3) is 3.68. The molecule has 1 aromatic carbocycles. The Morgan fingerprint density at radius 3 is 3.04 bits per heavy atom. The van der Waals surface area contributed by atoms with Gasteiger partial charge in [0.1, 0.15) is 11.3 Å². The van der Waals surface area contributed by atoms with E-state index in [0.29, 0.717) is 24.0 Å². The lowest BCUT2D eigenvalue weighted by Crippen LogP contribution is -2.37. The van der Waals surface area contributed by atoms with Crippen LogP contribution in [0.4, 0.5) is 5.13 Å². The summed E-state index contributed by atoms with van der Waals surface area (Å²) in [4.78, 5) is 19.6. The molecule has 0 saturated carbocycles. The van der Waals surface area contributed by atoms with Crippen molar-refractivity contribution < 1.29 is 14.3 Å². The second-order valence-electron chi connectivity index (χ2n) is 6.46. The Labute approximate surface area is 161 Å². The van der Waals surface area contributed by atoms with Gasteiger partial charge in [-0.15, -0.1) is 0 Å². The molecule has 1 fully saturated rings. The number of thiazole rings is 1. The standard InChI is InChI=1S/C19H22N4O3S/c1-3-25-15-7-4-8-16-17(15)20-19(27-16)23(12-13-6-5-11-26-13)18(24)14-9-10-22(2)21-14/h4,7-10,13H,3,5-6,11-12H2,1-2H3/t13-/m0/s1. The number of nitrogens with zero attached hydrogens (tertiary/aromatic N) is 4. The summed E-state index contributed by atoms with van der Waals surface area (Å²) in [6, 6.07) is 7.57. The molecule has 0 unspecified atom stereocenters. The fourth-order valence-electron chi connectivity index (χ4n) is 3.21. The van der Waals surface area contributed by atoms with Gasteiger partial charge in [-0.2, -0.15) is 5.10 Å². The second-order valence-corrected chi connectivity index (χ2v) is 7.47. The third-order valence-electron chi connectivity index (χ3n) is 4.49. The van der Waals surface area contributed by atoms with E-state index in [-0.39, 0.29) is 12.0 Å². The van der Waals surface area contributed by atoms with Gasteiger partial charge in [-0.25, -0.2) is 4.98 Å². The smallest absolute Gasteiger partial charge is 0.280 e. The van der Waals surface area contributed by atoms with Gasteiger partial charge in [-0.1, -0.05) is 17.4 Å². The Morgan fingerprint density at radius 2 is 2.33 bits per heavy atom. The van der Waals surface area contributed by atoms with E-state index in [1.54, 1.807) is 28.9 Å². The molecule has 3 aromatic rings. The van der Waals surface area contributed by atoms with Gasteiger partial charge < -0.3 is 9.47 Å². The number of aryl methyl sites for hydroxylation is 1. The van der Waals surface area contributed by atoms with E-state index < -0.39 is 0 Å². The van der Waals surface area contributed by atoms with Crippen molar-refractivity contribution in [2.75, 3.05) is 24.7 Å². The molecule has 2 aromatic heterocycles. The molecule has 1 aliphatic heterocycles. The zero-order valence-electron chi connectivity index (χ0n) is 15.4. The van der Waals surface area contributed by atoms with Crippen molar-refractivity contribution in [1.29, 1.82) is 0 Å². The largest absolute Gasteiger partial charge is 0.492 e. The molecule has 0 radical (unpaired) electrons. The van der Waals surface area contributed by atoms with Crippen LogP contribution in [0.5, 0.6) is 5.75 Å². The number of benzene rings is 1. The van der Waals surface area contributed by atoms with E-state index in [2.05, 4.69) is 5.10 Å². The summed E-state index contributed by atoms with van der Waals surface area (Å²) in [5.41, 5.74) is 1.19. The molecule has 3 heterocycles. The van der Waals surface area contributed by atoms with Crippen molar-refractivity contribution in [1.82, 2.24) is 14.8 Å². The Morgan fingerprint density at radius 1 is 1.44 bits per heavy atom. The fourth-order valence-corrected chi connectivity index (χ4v) is 4.20. The highest BCUT2D eigenvalue weighted by atomic mass is 32.1. The van der Waals surface area contributed by atoms with Crippen molar-refractivity contribution in [3.05, 3.63) is 36.2 Å². The first-order valence-corrected chi connectivity index (χ1v) is 9.93. The zero-order valence-corrected chi connectivity index (χ0v) is 16.2. The first-order valence-electron chi connectivity index (χ1n) is 9.11. The third-order valence-corrected chi connectivity index (χ3v) is 5.53. The summed E-state index contributed by atoms with van der Waals surface area (Å²) in [6.07, 6.45) is 3.75. The summed E-state index contributed by atoms with van der Waals surface area (Å²) < 4.78 is 14.1. The highest BCUT2D eigenvalue weighted by Gasteiger charge is 2.28. The average Bonchev–Trinajstić information content (AvgIpc) is 3.40. The van der Waals surface area contributed by atoms with Crippen LogP contribution < -0.4 is 9.64 Å². The summed E-state index contributed by atoms with van der Waals surface area (Å²) in [7, 11) is 1.80. The molecule has 1 aliphatic rings. The van der Waals surface area contributed by atoms with Crippen LogP contribution in [0.15, 0.2) is 30.5 Å². The van der Waals surface area contributed by atoms with Crippen molar-refractivity contribution in [2.24, 2.45) is 7.05 Å². The molecule has 0 aliphatic carbocycles. The quantitative estimate of drug-likeness (QED) is 0.650. The van der Waals surface area contributed by atoms with Crippen molar-refractivity contribution in [2.45, 2.75) is 25.9 Å². The Bertz CT molecular complexity index is 945. The number of anilines is 1. The Hall–Kier alpha value is -2.45. The molecule has 27 heavy (non-hydrogen) atoms. The second kappa shape index (κ2) is 7.66. The lowest BCUT2D eigenvalue weighted by atomic mass is 10.2. The summed E-state index contributed by atoms with van der Waals surface area (Å²) in [5.74, 6) is 0.572. The van der Waals surface area contributed by atoms with Crippen LogP contribution in [-0.4, -0.2) is 46.5 Å². The van der Waals surface area contributed by atoms with E-state index in [4.69, 9.17) is 14.5 Å². The van der Waals surface area contributed by atoms with Crippen LogP contribution >= 0.6 is 11.3 Å². The average molecular weight is 386 g/mol. The molecule has 1 saturated heterocycles. The molecule has 8 heteroatoms. The summed E-state index contributed by atoms with van der Waals surface area (Å²) >= 11 is 1.48. The van der Waals surface area contributed by atoms with Gasteiger partial charge in [0.2, 0.25) is 0 Å². The highest BCUT2D eigenvalue weighted by Crippen LogP contribution is 2.35. The topological polar surface area (TPSA) is 69.5 Å². The molecule has 0 N–H and O–H groups in total. The summed E-state index contributed by atoms with van der Waals surface area (Å²) in [5, 5.41) is 4.91. The van der Waals surface area contributed by atoms with E-state index in [9.17, 15) is 4.79 Å². The van der Waals surface area contributed by atoms with Gasteiger partial charge in [-0.05, 0) is 38.0 Å². The van der Waals surface area contributed by atoms with Crippen molar-refractivity contribution >= 4 is 32.6 Å². The molecule has 1 amide bonds. The minimum absolute atomic E-state index is 0.0241. The van der Waals surface area contributed by atoms with Gasteiger partial charge in [0.05, 0.1) is 24.0 Å². The molecule has 7 nitrogen and oxygen atoms in total. The first-order chi connectivity index (χ1) is 13.2. The van der Waals surface area contributed by atoms with Crippen LogP contribution in [0.3, 0.4) is 0 Å². The molecule has 0 spiro atoms. The minimum Gasteiger partial charge on any atom is -0.492 e. The van der Waals surface area contributed by atoms with Crippen LogP contribution in [0, 0.1) is 0 Å². The van der Waals surface area contributed by atoms with Crippen LogP contribution in [-0.2, 0) is 11.8 Å². The number of hydrogen-bond donors (Lipinski definition) is 0. The zero-order chi connectivity index (χ0) is 18.8. The van der Waals surface area contributed by atoms with Gasteiger partial charge in [-0.3, -0.25) is 14.4 Å². The fraction of sp³-hybridized carbons (Fsp3) is 0.421. The Kier molecular flexibility index (Phi) is 5.09. The van der Waals surface area contributed by atoms with Crippen molar-refractivity contribution in [3.63, 3.8) is 0 Å². The van der Waals surface area contributed by atoms with E-state index >= 15 is 0 Å². The highest BCUT2D eigenvalue weighted by molar-refractivity contribution is 7.22. The Balaban J connectivity index is 1.72. The van der Waals surface area contributed by atoms with Crippen molar-refractivity contribution in [3.8, 4) is 5.75 Å². The van der Waals surface area contributed by atoms with Crippen LogP contribution in [0.25, 0.3) is 10.2 Å². The minimum atomic E-state index is -0.164. The van der Waals surface area contributed by atoms with E-state index in [0.717, 1.165) is 35.4 Å². The number of fused-ring (bicyclic) bond motifs is 1. The van der Waals surface area contributed by atoms with Crippen LogP contribution in [0.1, 0.15) is 30.3 Å². The number of hydrogen-bond acceptors (Lipinski definition) is 6. The van der Waals surface area contributed by atoms with Gasteiger partial charge in [0.15, 0.2) is 10.8 Å². The maximum atomic E-state index is 13.2. The van der Waals surface area contributed by atoms with Gasteiger partial charge in [0, 0.05) is 19.9 Å². The molecule has 0 bridgehead atoms. The lowest BCUT2D eigenvalue weighted by Gasteiger charge is -2.22. The number of rotatable bonds is 6. The normalized spacial score (nSPS) is 16.7. The van der Waals surface area contributed by atoms with Gasteiger partial charge in [0.25, 0.3) is 5.91 Å². The number of amides is 1. The molecular weight excluding hydrogens is 364 g/mol. The summed E-state index contributed by atoms with van der Waals surface area (Å²) in [6.45, 7) is 3.72.